The van der Waals surface area contributed by atoms with Gasteiger partial charge in [0.05, 0.1) is 14.2 Å². The molecule has 0 saturated heterocycles. The van der Waals surface area contributed by atoms with E-state index in [1.807, 2.05) is 0 Å². The molecule has 0 fully saturated rings. The molecule has 2 aromatic carbocycles. The van der Waals surface area contributed by atoms with Crippen molar-refractivity contribution in [3.63, 3.8) is 0 Å². The normalized spacial score (nSPS) is 14.7. The van der Waals surface area contributed by atoms with Crippen LogP contribution in [0.15, 0.2) is 24.3 Å². The molecule has 6 nitrogen and oxygen atoms in total. The summed E-state index contributed by atoms with van der Waals surface area (Å²) in [5.41, 5.74) is 3.32. The zero-order chi connectivity index (χ0) is 21.7. The molecule has 0 N–H and O–H groups in total. The van der Waals surface area contributed by atoms with E-state index in [1.165, 1.54) is 26.4 Å². The monoisotopic (exact) mass is 402 g/mol. The van der Waals surface area contributed by atoms with E-state index in [1.54, 1.807) is 38.1 Å². The minimum atomic E-state index is -0.705. The van der Waals surface area contributed by atoms with Crippen LogP contribution < -0.4 is 9.47 Å². The number of carbonyl (C=O) groups excluding carboxylic acids is 4. The van der Waals surface area contributed by atoms with Crippen molar-refractivity contribution in [3.05, 3.63) is 57.7 Å². The van der Waals surface area contributed by atoms with Gasteiger partial charge in [-0.25, -0.2) is 0 Å². The second-order valence-electron chi connectivity index (χ2n) is 7.19. The van der Waals surface area contributed by atoms with Crippen LogP contribution in [0.3, 0.4) is 0 Å². The Hall–Kier alpha value is -3.80. The van der Waals surface area contributed by atoms with E-state index in [9.17, 15) is 19.2 Å². The van der Waals surface area contributed by atoms with E-state index >= 15 is 0 Å². The second kappa shape index (κ2) is 6.91. The summed E-state index contributed by atoms with van der Waals surface area (Å²) in [6.45, 7) is 3.61. The van der Waals surface area contributed by atoms with Gasteiger partial charge in [-0.05, 0) is 60.4 Å². The lowest BCUT2D eigenvalue weighted by Gasteiger charge is -2.25. The molecule has 6 heteroatoms. The van der Waals surface area contributed by atoms with Crippen molar-refractivity contribution in [2.24, 2.45) is 0 Å². The molecule has 2 aliphatic rings. The molecule has 2 aromatic rings. The van der Waals surface area contributed by atoms with Gasteiger partial charge in [0.2, 0.25) is 23.1 Å². The third kappa shape index (κ3) is 2.64. The Morgan fingerprint density at radius 3 is 1.27 bits per heavy atom. The predicted molar refractivity (Wildman–Crippen MR) is 111 cm³/mol. The summed E-state index contributed by atoms with van der Waals surface area (Å²) in [4.78, 5) is 50.3. The van der Waals surface area contributed by atoms with Gasteiger partial charge in [-0.2, -0.15) is 0 Å². The van der Waals surface area contributed by atoms with Gasteiger partial charge in [0.25, 0.3) is 0 Å². The zero-order valence-corrected chi connectivity index (χ0v) is 16.9. The number of rotatable bonds is 3. The molecule has 0 unspecified atom stereocenters. The molecular formula is C24H18O6. The van der Waals surface area contributed by atoms with Crippen LogP contribution in [-0.4, -0.2) is 37.4 Å². The number of methoxy groups -OCH3 is 2. The van der Waals surface area contributed by atoms with Crippen LogP contribution in [0.5, 0.6) is 11.5 Å². The number of Topliss-reactive ketones (excluding diaryl/α,β-unsaturated/α-hetero) is 2. The average molecular weight is 402 g/mol. The number of allylic oxidation sites excluding steroid dienone is 2. The highest BCUT2D eigenvalue weighted by atomic mass is 16.5. The third-order valence-corrected chi connectivity index (χ3v) is 5.38. The molecule has 0 bridgehead atoms. The fraction of sp³-hybridized carbons (Fsp3) is 0.167. The molecule has 0 aliphatic heterocycles. The van der Waals surface area contributed by atoms with Gasteiger partial charge < -0.3 is 9.47 Å². The lowest BCUT2D eigenvalue weighted by Crippen LogP contribution is -2.22. The summed E-state index contributed by atoms with van der Waals surface area (Å²) in [6.07, 6.45) is 5.58. The lowest BCUT2D eigenvalue weighted by molar-refractivity contribution is -0.111. The molecule has 4 rings (SSSR count). The number of benzene rings is 2. The highest BCUT2D eigenvalue weighted by Crippen LogP contribution is 2.48. The molecule has 150 valence electrons. The summed E-state index contributed by atoms with van der Waals surface area (Å²) in [5, 5.41) is 0. The maximum atomic E-state index is 12.9. The Morgan fingerprint density at radius 1 is 0.567 bits per heavy atom. The minimum absolute atomic E-state index is 0.130. The SMILES string of the molecule is COc1c(C)cc2c(c1-c1c(OC)c(C)cc3c1C(=O)C(=O)C=C3)C(=O)C(=O)C=C2. The van der Waals surface area contributed by atoms with Gasteiger partial charge in [-0.3, -0.25) is 19.2 Å². The first-order valence-corrected chi connectivity index (χ1v) is 9.27. The van der Waals surface area contributed by atoms with Crippen molar-refractivity contribution in [1.29, 1.82) is 0 Å². The lowest BCUT2D eigenvalue weighted by atomic mass is 9.80. The molecule has 0 amide bonds. The number of aryl methyl sites for hydroxylation is 2. The molecule has 0 aromatic heterocycles. The van der Waals surface area contributed by atoms with Crippen LogP contribution in [0.1, 0.15) is 43.0 Å². The van der Waals surface area contributed by atoms with Crippen molar-refractivity contribution >= 4 is 35.3 Å². The Bertz CT molecular complexity index is 1150. The van der Waals surface area contributed by atoms with Crippen molar-refractivity contribution in [1.82, 2.24) is 0 Å². The molecule has 2 aliphatic carbocycles. The van der Waals surface area contributed by atoms with E-state index in [4.69, 9.17) is 9.47 Å². The Kier molecular flexibility index (Phi) is 4.50. The van der Waals surface area contributed by atoms with E-state index in [0.717, 1.165) is 0 Å². The summed E-state index contributed by atoms with van der Waals surface area (Å²) >= 11 is 0. The van der Waals surface area contributed by atoms with Crippen LogP contribution >= 0.6 is 0 Å². The largest absolute Gasteiger partial charge is 0.496 e. The van der Waals surface area contributed by atoms with Gasteiger partial charge in [-0.15, -0.1) is 0 Å². The van der Waals surface area contributed by atoms with Crippen LogP contribution in [0, 0.1) is 13.8 Å². The fourth-order valence-electron chi connectivity index (χ4n) is 4.14. The standard InChI is InChI=1S/C24H18O6/c1-11-9-13-5-7-15(25)21(27)17(13)19(23(11)29-3)20-18-14(6-8-16(26)22(18)28)10-12(2)24(20)30-4/h5-10H,1-4H3. The van der Waals surface area contributed by atoms with Crippen LogP contribution in [-0.2, 0) is 9.59 Å². The zero-order valence-electron chi connectivity index (χ0n) is 16.9. The van der Waals surface area contributed by atoms with Gasteiger partial charge in [-0.1, -0.05) is 12.2 Å². The van der Waals surface area contributed by atoms with Gasteiger partial charge >= 0.3 is 0 Å². The van der Waals surface area contributed by atoms with Crippen LogP contribution in [0.25, 0.3) is 23.3 Å². The first-order chi connectivity index (χ1) is 14.3. The molecule has 0 atom stereocenters. The molecule has 0 heterocycles. The van der Waals surface area contributed by atoms with Crippen molar-refractivity contribution in [2.75, 3.05) is 14.2 Å². The quantitative estimate of drug-likeness (QED) is 0.730. The number of carbonyl (C=O) groups is 4. The first-order valence-electron chi connectivity index (χ1n) is 9.27. The highest BCUT2D eigenvalue weighted by molar-refractivity contribution is 6.53. The average Bonchev–Trinajstić information content (AvgIpc) is 2.72. The van der Waals surface area contributed by atoms with E-state index in [0.29, 0.717) is 33.8 Å². The summed E-state index contributed by atoms with van der Waals surface area (Å²) < 4.78 is 11.2. The van der Waals surface area contributed by atoms with E-state index in [2.05, 4.69) is 0 Å². The molecular weight excluding hydrogens is 384 g/mol. The van der Waals surface area contributed by atoms with Crippen molar-refractivity contribution in [3.8, 4) is 22.6 Å². The molecule has 0 saturated carbocycles. The topological polar surface area (TPSA) is 86.7 Å². The minimum Gasteiger partial charge on any atom is -0.496 e. The third-order valence-electron chi connectivity index (χ3n) is 5.38. The van der Waals surface area contributed by atoms with E-state index < -0.39 is 23.1 Å². The second-order valence-corrected chi connectivity index (χ2v) is 7.19. The number of hydrogen-bond acceptors (Lipinski definition) is 6. The van der Waals surface area contributed by atoms with Gasteiger partial charge in [0, 0.05) is 22.3 Å². The Balaban J connectivity index is 2.26. The predicted octanol–water partition coefficient (Wildman–Crippen LogP) is 3.54. The smallest absolute Gasteiger partial charge is 0.234 e. The Labute approximate surface area is 172 Å². The van der Waals surface area contributed by atoms with E-state index in [-0.39, 0.29) is 22.3 Å². The highest BCUT2D eigenvalue weighted by Gasteiger charge is 2.35. The summed E-state index contributed by atoms with van der Waals surface area (Å²) in [7, 11) is 2.90. The fourth-order valence-corrected chi connectivity index (χ4v) is 4.14. The van der Waals surface area contributed by atoms with Crippen LogP contribution in [0.2, 0.25) is 0 Å². The van der Waals surface area contributed by atoms with Crippen molar-refractivity contribution in [2.45, 2.75) is 13.8 Å². The van der Waals surface area contributed by atoms with Crippen LogP contribution in [0.4, 0.5) is 0 Å². The maximum Gasteiger partial charge on any atom is 0.234 e. The number of fused-ring (bicyclic) bond motifs is 2. The van der Waals surface area contributed by atoms with Gasteiger partial charge in [0.1, 0.15) is 11.5 Å². The van der Waals surface area contributed by atoms with Crippen molar-refractivity contribution < 1.29 is 28.7 Å². The number of ether oxygens (including phenoxy) is 2. The first kappa shape index (κ1) is 19.5. The summed E-state index contributed by atoms with van der Waals surface area (Å²) in [5.74, 6) is -2.07. The molecule has 30 heavy (non-hydrogen) atoms. The number of ketones is 4. The molecule has 0 spiro atoms. The summed E-state index contributed by atoms with van der Waals surface area (Å²) in [6, 6.07) is 3.50. The molecule has 0 radical (unpaired) electrons. The van der Waals surface area contributed by atoms with Gasteiger partial charge in [0.15, 0.2) is 0 Å². The number of hydrogen-bond donors (Lipinski definition) is 0. The Morgan fingerprint density at radius 2 is 0.933 bits per heavy atom. The maximum absolute atomic E-state index is 12.9.